The van der Waals surface area contributed by atoms with Crippen molar-refractivity contribution in [3.8, 4) is 0 Å². The van der Waals surface area contributed by atoms with Gasteiger partial charge in [-0.1, -0.05) is 20.3 Å². The molecule has 12 nitrogen and oxygen atoms in total. The number of nitrogens with two attached hydrogens (primary N) is 3. The summed E-state index contributed by atoms with van der Waals surface area (Å²) in [6.45, 7) is 11.6. The number of aldehydes is 1. The largest absolute Gasteiger partial charge is 0.399 e. The summed E-state index contributed by atoms with van der Waals surface area (Å²) in [4.78, 5) is 31.0. The molecular formula is C35H56F2N10O2. The Morgan fingerprint density at radius 1 is 1.04 bits per heavy atom. The van der Waals surface area contributed by atoms with Crippen molar-refractivity contribution >= 4 is 23.6 Å². The molecule has 2 aromatic rings. The van der Waals surface area contributed by atoms with Gasteiger partial charge in [0.25, 0.3) is 0 Å². The van der Waals surface area contributed by atoms with E-state index in [1.165, 1.54) is 18.5 Å². The van der Waals surface area contributed by atoms with Crippen LogP contribution in [0.2, 0.25) is 0 Å². The predicted molar refractivity (Wildman–Crippen MR) is 190 cm³/mol. The molecule has 0 aliphatic carbocycles. The molecule has 1 aromatic carbocycles. The van der Waals surface area contributed by atoms with Gasteiger partial charge < -0.3 is 30.7 Å². The Balaban J connectivity index is 1.31. The molecule has 4 rings (SSSR count). The lowest BCUT2D eigenvalue weighted by molar-refractivity contribution is -0.107. The van der Waals surface area contributed by atoms with Crippen LogP contribution >= 0.6 is 0 Å². The predicted octanol–water partition coefficient (Wildman–Crippen LogP) is 4.28. The van der Waals surface area contributed by atoms with Crippen molar-refractivity contribution < 1.29 is 18.4 Å². The van der Waals surface area contributed by atoms with Crippen molar-refractivity contribution in [3.63, 3.8) is 0 Å². The molecule has 0 radical (unpaired) electrons. The van der Waals surface area contributed by atoms with E-state index >= 15 is 8.78 Å². The van der Waals surface area contributed by atoms with E-state index in [-0.39, 0.29) is 5.69 Å². The molecule has 14 heteroatoms. The number of hydrogen-bond donors (Lipinski definition) is 4. The van der Waals surface area contributed by atoms with Crippen molar-refractivity contribution in [1.29, 1.82) is 0 Å². The highest BCUT2D eigenvalue weighted by Crippen LogP contribution is 2.34. The summed E-state index contributed by atoms with van der Waals surface area (Å²) in [7, 11) is 0. The number of carbonyl (C=O) groups excluding carboxylic acids is 1. The number of hydrogen-bond acceptors (Lipinski definition) is 12. The maximum atomic E-state index is 15.6. The standard InChI is InChI=1S/C35H56F2N10O2/c1-4-45(31-20-29(36)27(19-30(31)37)23-44-14-9-34(2,3)10-15-44)25-35(49-40)11-16-46(17-12-35)33-21-32(42-26-43-33)41-22-28(38)24-47(39)13-7-5-6-8-18-48/h18-21,24,26H,4-17,22-23,25,38-40H2,1-3H3,(H,41,42,43)/b28-24-. The first-order valence-electron chi connectivity index (χ1n) is 17.5. The van der Waals surface area contributed by atoms with Crippen LogP contribution in [0.15, 0.2) is 36.4 Å². The molecule has 2 aliphatic heterocycles. The molecule has 0 amide bonds. The van der Waals surface area contributed by atoms with Gasteiger partial charge in [-0.3, -0.25) is 9.74 Å². The molecule has 0 saturated carbocycles. The third-order valence-corrected chi connectivity index (χ3v) is 9.87. The summed E-state index contributed by atoms with van der Waals surface area (Å²) in [5, 5.41) is 4.77. The lowest BCUT2D eigenvalue weighted by atomic mass is 9.82. The molecule has 3 heterocycles. The summed E-state index contributed by atoms with van der Waals surface area (Å²) in [5.41, 5.74) is 6.86. The third kappa shape index (κ3) is 11.2. The van der Waals surface area contributed by atoms with Crippen LogP contribution in [0, 0.1) is 17.0 Å². The molecule has 2 aliphatic rings. The number of nitrogens with zero attached hydrogens (tertiary/aromatic N) is 6. The van der Waals surface area contributed by atoms with E-state index in [0.717, 1.165) is 57.3 Å². The molecule has 7 N–H and O–H groups in total. The second-order valence-electron chi connectivity index (χ2n) is 14.2. The molecule has 0 bridgehead atoms. The van der Waals surface area contributed by atoms with Gasteiger partial charge in [-0.05, 0) is 70.0 Å². The number of aromatic nitrogens is 2. The number of likely N-dealkylation sites (N-methyl/N-ethyl adjacent to an activating group) is 1. The molecule has 2 saturated heterocycles. The highest BCUT2D eigenvalue weighted by atomic mass is 19.1. The molecule has 0 unspecified atom stereocenters. The monoisotopic (exact) mass is 686 g/mol. The molecule has 2 fully saturated rings. The average Bonchev–Trinajstić information content (AvgIpc) is 3.09. The van der Waals surface area contributed by atoms with E-state index in [9.17, 15) is 4.79 Å². The van der Waals surface area contributed by atoms with Crippen LogP contribution in [-0.4, -0.2) is 84.1 Å². The Bertz CT molecular complexity index is 1380. The van der Waals surface area contributed by atoms with Gasteiger partial charge in [0, 0.05) is 75.3 Å². The molecule has 0 atom stereocenters. The SMILES string of the molecule is CCN(CC1(ON)CCN(c2cc(NC/C(N)=C/N(N)CCCCCC=O)ncn2)CC1)c1cc(F)c(CN2CCC(C)(C)CC2)cc1F. The van der Waals surface area contributed by atoms with Crippen LogP contribution in [0.4, 0.5) is 26.1 Å². The normalized spacial score (nSPS) is 17.9. The lowest BCUT2D eigenvalue weighted by Gasteiger charge is -2.43. The van der Waals surface area contributed by atoms with E-state index in [0.29, 0.717) is 87.6 Å². The zero-order valence-electron chi connectivity index (χ0n) is 29.5. The van der Waals surface area contributed by atoms with E-state index in [1.54, 1.807) is 11.2 Å². The summed E-state index contributed by atoms with van der Waals surface area (Å²) in [5.74, 6) is 12.4. The first kappa shape index (κ1) is 38.2. The van der Waals surface area contributed by atoms with E-state index in [2.05, 4.69) is 38.9 Å². The minimum absolute atomic E-state index is 0.217. The molecular weight excluding hydrogens is 630 g/mol. The van der Waals surface area contributed by atoms with E-state index in [1.807, 2.05) is 17.9 Å². The number of carbonyl (C=O) groups is 1. The van der Waals surface area contributed by atoms with Gasteiger partial charge in [0.2, 0.25) is 0 Å². The summed E-state index contributed by atoms with van der Waals surface area (Å²) < 4.78 is 30.9. The number of likely N-dealkylation sites (tertiary alicyclic amines) is 1. The molecule has 49 heavy (non-hydrogen) atoms. The van der Waals surface area contributed by atoms with Gasteiger partial charge in [-0.15, -0.1) is 0 Å². The fraction of sp³-hybridized carbons (Fsp3) is 0.629. The quantitative estimate of drug-likeness (QED) is 0.0766. The zero-order chi connectivity index (χ0) is 35.4. The molecule has 272 valence electrons. The second kappa shape index (κ2) is 17.9. The Morgan fingerprint density at radius 3 is 2.45 bits per heavy atom. The van der Waals surface area contributed by atoms with Crippen molar-refractivity contribution in [2.45, 2.75) is 84.3 Å². The maximum Gasteiger partial charge on any atom is 0.147 e. The van der Waals surface area contributed by atoms with Crippen molar-refractivity contribution in [2.24, 2.45) is 22.9 Å². The topological polar surface area (TPSA) is 155 Å². The van der Waals surface area contributed by atoms with Gasteiger partial charge in [-0.25, -0.2) is 30.5 Å². The third-order valence-electron chi connectivity index (χ3n) is 9.87. The Kier molecular flexibility index (Phi) is 13.9. The maximum absolute atomic E-state index is 15.6. The summed E-state index contributed by atoms with van der Waals surface area (Å²) >= 11 is 0. The first-order valence-corrected chi connectivity index (χ1v) is 17.5. The van der Waals surface area contributed by atoms with Crippen LogP contribution in [0.25, 0.3) is 0 Å². The van der Waals surface area contributed by atoms with Gasteiger partial charge in [0.05, 0.1) is 12.2 Å². The van der Waals surface area contributed by atoms with Crippen molar-refractivity contribution in [1.82, 2.24) is 19.9 Å². The lowest BCUT2D eigenvalue weighted by Crippen LogP contribution is -2.54. The van der Waals surface area contributed by atoms with Gasteiger partial charge in [0.1, 0.15) is 41.5 Å². The minimum atomic E-state index is -0.745. The highest BCUT2D eigenvalue weighted by Gasteiger charge is 2.38. The van der Waals surface area contributed by atoms with Gasteiger partial charge in [-0.2, -0.15) is 0 Å². The number of nitrogens with one attached hydrogen (secondary N) is 1. The number of hydrazine groups is 1. The number of anilines is 3. The smallest absolute Gasteiger partial charge is 0.147 e. The average molecular weight is 687 g/mol. The Hall–Kier alpha value is -3.59. The van der Waals surface area contributed by atoms with Crippen LogP contribution in [0.1, 0.15) is 77.7 Å². The number of halogens is 2. The molecule has 1 aromatic heterocycles. The number of benzene rings is 1. The van der Waals surface area contributed by atoms with Crippen LogP contribution in [0.3, 0.4) is 0 Å². The number of unbranched alkanes of at least 4 members (excludes halogenated alkanes) is 3. The first-order chi connectivity index (χ1) is 23.5. The van der Waals surface area contributed by atoms with Gasteiger partial charge >= 0.3 is 0 Å². The highest BCUT2D eigenvalue weighted by molar-refractivity contribution is 5.52. The second-order valence-corrected chi connectivity index (χ2v) is 14.2. The minimum Gasteiger partial charge on any atom is -0.399 e. The molecule has 0 spiro atoms. The Morgan fingerprint density at radius 2 is 1.78 bits per heavy atom. The fourth-order valence-electron chi connectivity index (χ4n) is 6.50. The van der Waals surface area contributed by atoms with E-state index < -0.39 is 17.2 Å². The summed E-state index contributed by atoms with van der Waals surface area (Å²) in [6.07, 6.45) is 10.6. The zero-order valence-corrected chi connectivity index (χ0v) is 29.5. The number of piperidine rings is 2. The van der Waals surface area contributed by atoms with Crippen LogP contribution in [-0.2, 0) is 16.2 Å². The fourth-order valence-corrected chi connectivity index (χ4v) is 6.50. The number of rotatable bonds is 18. The summed E-state index contributed by atoms with van der Waals surface area (Å²) in [6, 6.07) is 4.53. The van der Waals surface area contributed by atoms with Crippen molar-refractivity contribution in [2.75, 3.05) is 67.5 Å². The van der Waals surface area contributed by atoms with Crippen molar-refractivity contribution in [3.05, 3.63) is 53.6 Å². The Labute approximate surface area is 289 Å². The van der Waals surface area contributed by atoms with E-state index in [4.69, 9.17) is 22.3 Å². The van der Waals surface area contributed by atoms with Crippen LogP contribution in [0.5, 0.6) is 0 Å². The van der Waals surface area contributed by atoms with Crippen LogP contribution < -0.4 is 32.6 Å². The van der Waals surface area contributed by atoms with Gasteiger partial charge in [0.15, 0.2) is 0 Å².